The van der Waals surface area contributed by atoms with Gasteiger partial charge in [-0.25, -0.2) is 4.98 Å². The predicted octanol–water partition coefficient (Wildman–Crippen LogP) is 3.56. The van der Waals surface area contributed by atoms with Crippen LogP contribution in [-0.2, 0) is 4.79 Å². The van der Waals surface area contributed by atoms with E-state index in [1.54, 1.807) is 6.20 Å². The number of carbonyl (C=O) groups is 1. The minimum Gasteiger partial charge on any atom is -0.481 e. The van der Waals surface area contributed by atoms with Gasteiger partial charge in [0.1, 0.15) is 5.65 Å². The molecule has 22 heavy (non-hydrogen) atoms. The van der Waals surface area contributed by atoms with Gasteiger partial charge in [0.25, 0.3) is 0 Å². The summed E-state index contributed by atoms with van der Waals surface area (Å²) >= 11 is 0. The molecule has 3 rings (SSSR count). The van der Waals surface area contributed by atoms with Crippen molar-refractivity contribution >= 4 is 11.6 Å². The summed E-state index contributed by atoms with van der Waals surface area (Å²) in [7, 11) is 0. The predicted molar refractivity (Wildman–Crippen MR) is 85.2 cm³/mol. The number of aromatic nitrogens is 2. The number of pyridine rings is 1. The molecule has 0 aliphatic rings. The Morgan fingerprint density at radius 1 is 1.27 bits per heavy atom. The quantitative estimate of drug-likeness (QED) is 0.800. The topological polar surface area (TPSA) is 54.6 Å². The van der Waals surface area contributed by atoms with Crippen LogP contribution in [0.25, 0.3) is 5.65 Å². The first-order chi connectivity index (χ1) is 10.6. The molecule has 4 nitrogen and oxygen atoms in total. The summed E-state index contributed by atoms with van der Waals surface area (Å²) in [6, 6.07) is 11.9. The fraction of sp³-hybridized carbons (Fsp3) is 0.222. The van der Waals surface area contributed by atoms with Crippen LogP contribution in [0.15, 0.2) is 48.8 Å². The van der Waals surface area contributed by atoms with E-state index in [2.05, 4.69) is 4.98 Å². The highest BCUT2D eigenvalue weighted by atomic mass is 16.4. The lowest BCUT2D eigenvalue weighted by Gasteiger charge is -2.17. The molecule has 0 aliphatic carbocycles. The first kappa shape index (κ1) is 14.3. The highest BCUT2D eigenvalue weighted by molar-refractivity contribution is 5.69. The molecule has 0 aliphatic heterocycles. The van der Waals surface area contributed by atoms with Gasteiger partial charge in [0.2, 0.25) is 0 Å². The van der Waals surface area contributed by atoms with Crippen LogP contribution in [-0.4, -0.2) is 20.5 Å². The highest BCUT2D eigenvalue weighted by Gasteiger charge is 2.22. The number of carboxylic acids is 1. The Kier molecular flexibility index (Phi) is 3.67. The van der Waals surface area contributed by atoms with Gasteiger partial charge in [0.15, 0.2) is 0 Å². The van der Waals surface area contributed by atoms with Crippen molar-refractivity contribution in [3.8, 4) is 0 Å². The number of aryl methyl sites for hydroxylation is 2. The summed E-state index contributed by atoms with van der Waals surface area (Å²) < 4.78 is 1.98. The number of hydrogen-bond acceptors (Lipinski definition) is 2. The van der Waals surface area contributed by atoms with Gasteiger partial charge in [0, 0.05) is 18.3 Å². The molecule has 0 radical (unpaired) electrons. The Morgan fingerprint density at radius 3 is 2.77 bits per heavy atom. The van der Waals surface area contributed by atoms with Crippen molar-refractivity contribution in [1.29, 1.82) is 0 Å². The van der Waals surface area contributed by atoms with Crippen LogP contribution in [0.5, 0.6) is 0 Å². The lowest BCUT2D eigenvalue weighted by molar-refractivity contribution is -0.137. The standard InChI is InChI=1S/C18H18N2O2/c1-12-7-8-20-16(11-19-17(20)9-12)15(10-18(21)22)14-6-4-3-5-13(14)2/h3-9,11,15H,10H2,1-2H3,(H,21,22). The first-order valence-electron chi connectivity index (χ1n) is 7.27. The molecule has 1 atom stereocenters. The number of imidazole rings is 1. The second-order valence-electron chi connectivity index (χ2n) is 5.62. The van der Waals surface area contributed by atoms with Gasteiger partial charge in [-0.15, -0.1) is 0 Å². The number of nitrogens with zero attached hydrogens (tertiary/aromatic N) is 2. The maximum Gasteiger partial charge on any atom is 0.304 e. The SMILES string of the molecule is Cc1ccn2c(C(CC(=O)O)c3ccccc3C)cnc2c1. The van der Waals surface area contributed by atoms with Crippen LogP contribution in [0.4, 0.5) is 0 Å². The van der Waals surface area contributed by atoms with E-state index < -0.39 is 5.97 Å². The lowest BCUT2D eigenvalue weighted by Crippen LogP contribution is -2.11. The zero-order valence-corrected chi connectivity index (χ0v) is 12.7. The van der Waals surface area contributed by atoms with Gasteiger partial charge in [-0.1, -0.05) is 24.3 Å². The fourth-order valence-corrected chi connectivity index (χ4v) is 2.89. The van der Waals surface area contributed by atoms with Gasteiger partial charge in [-0.2, -0.15) is 0 Å². The Labute approximate surface area is 129 Å². The van der Waals surface area contributed by atoms with E-state index in [0.717, 1.165) is 28.0 Å². The van der Waals surface area contributed by atoms with Crippen molar-refractivity contribution in [3.05, 3.63) is 71.2 Å². The summed E-state index contributed by atoms with van der Waals surface area (Å²) in [5, 5.41) is 9.32. The van der Waals surface area contributed by atoms with Crippen LogP contribution in [0, 0.1) is 13.8 Å². The van der Waals surface area contributed by atoms with E-state index in [0.29, 0.717) is 0 Å². The Morgan fingerprint density at radius 2 is 2.05 bits per heavy atom. The van der Waals surface area contributed by atoms with Crippen molar-refractivity contribution < 1.29 is 9.90 Å². The smallest absolute Gasteiger partial charge is 0.304 e. The Hall–Kier alpha value is -2.62. The largest absolute Gasteiger partial charge is 0.481 e. The van der Waals surface area contributed by atoms with Crippen molar-refractivity contribution in [3.63, 3.8) is 0 Å². The maximum absolute atomic E-state index is 11.4. The summed E-state index contributed by atoms with van der Waals surface area (Å²) in [6.07, 6.45) is 3.79. The van der Waals surface area contributed by atoms with E-state index in [4.69, 9.17) is 0 Å². The Bertz CT molecular complexity index is 836. The van der Waals surface area contributed by atoms with Crippen LogP contribution < -0.4 is 0 Å². The number of hydrogen-bond donors (Lipinski definition) is 1. The fourth-order valence-electron chi connectivity index (χ4n) is 2.89. The van der Waals surface area contributed by atoms with Gasteiger partial charge in [-0.05, 0) is 42.7 Å². The lowest BCUT2D eigenvalue weighted by atomic mass is 9.89. The Balaban J connectivity index is 2.16. The first-order valence-corrected chi connectivity index (χ1v) is 7.27. The third kappa shape index (κ3) is 2.60. The van der Waals surface area contributed by atoms with Crippen molar-refractivity contribution in [2.45, 2.75) is 26.2 Å². The molecule has 4 heteroatoms. The van der Waals surface area contributed by atoms with E-state index in [9.17, 15) is 9.90 Å². The molecule has 3 aromatic rings. The van der Waals surface area contributed by atoms with Crippen LogP contribution >= 0.6 is 0 Å². The number of benzene rings is 1. The molecule has 1 aromatic carbocycles. The normalized spacial score (nSPS) is 12.5. The van der Waals surface area contributed by atoms with Crippen LogP contribution in [0.1, 0.15) is 34.7 Å². The zero-order valence-electron chi connectivity index (χ0n) is 12.7. The second kappa shape index (κ2) is 5.64. The molecular formula is C18H18N2O2. The monoisotopic (exact) mass is 294 g/mol. The molecule has 0 saturated carbocycles. The number of carboxylic acid groups (broad SMARTS) is 1. The third-order valence-corrected chi connectivity index (χ3v) is 4.00. The molecule has 0 amide bonds. The average Bonchev–Trinajstić information content (AvgIpc) is 2.88. The van der Waals surface area contributed by atoms with Gasteiger partial charge >= 0.3 is 5.97 Å². The van der Waals surface area contributed by atoms with Crippen LogP contribution in [0.2, 0.25) is 0 Å². The summed E-state index contributed by atoms with van der Waals surface area (Å²) in [6.45, 7) is 4.03. The molecule has 1 N–H and O–H groups in total. The van der Waals surface area contributed by atoms with E-state index in [-0.39, 0.29) is 12.3 Å². The molecule has 2 aromatic heterocycles. The highest BCUT2D eigenvalue weighted by Crippen LogP contribution is 2.30. The molecule has 0 fully saturated rings. The summed E-state index contributed by atoms with van der Waals surface area (Å²) in [5.41, 5.74) is 5.02. The summed E-state index contributed by atoms with van der Waals surface area (Å²) in [4.78, 5) is 15.8. The van der Waals surface area contributed by atoms with Gasteiger partial charge < -0.3 is 9.51 Å². The summed E-state index contributed by atoms with van der Waals surface area (Å²) in [5.74, 6) is -1.02. The molecule has 1 unspecified atom stereocenters. The van der Waals surface area contributed by atoms with Gasteiger partial charge in [0.05, 0.1) is 12.1 Å². The second-order valence-corrected chi connectivity index (χ2v) is 5.62. The number of rotatable bonds is 4. The van der Waals surface area contributed by atoms with Gasteiger partial charge in [-0.3, -0.25) is 4.79 Å². The van der Waals surface area contributed by atoms with Crippen molar-refractivity contribution in [2.75, 3.05) is 0 Å². The average molecular weight is 294 g/mol. The van der Waals surface area contributed by atoms with E-state index in [1.807, 2.05) is 60.8 Å². The molecule has 0 bridgehead atoms. The maximum atomic E-state index is 11.4. The number of fused-ring (bicyclic) bond motifs is 1. The van der Waals surface area contributed by atoms with E-state index >= 15 is 0 Å². The molecular weight excluding hydrogens is 276 g/mol. The van der Waals surface area contributed by atoms with Crippen molar-refractivity contribution in [2.24, 2.45) is 0 Å². The molecule has 0 spiro atoms. The third-order valence-electron chi connectivity index (χ3n) is 4.00. The zero-order chi connectivity index (χ0) is 15.7. The minimum absolute atomic E-state index is 0.0481. The minimum atomic E-state index is -0.810. The number of aliphatic carboxylic acids is 1. The molecule has 0 saturated heterocycles. The molecule has 112 valence electrons. The van der Waals surface area contributed by atoms with Crippen molar-refractivity contribution in [1.82, 2.24) is 9.38 Å². The van der Waals surface area contributed by atoms with Crippen LogP contribution in [0.3, 0.4) is 0 Å². The molecule has 2 heterocycles. The van der Waals surface area contributed by atoms with E-state index in [1.165, 1.54) is 0 Å².